The molecule has 0 aromatic heterocycles. The third kappa shape index (κ3) is 4.40. The van der Waals surface area contributed by atoms with Gasteiger partial charge < -0.3 is 5.32 Å². The molecule has 0 unspecified atom stereocenters. The summed E-state index contributed by atoms with van der Waals surface area (Å²) in [6.07, 6.45) is 0. The van der Waals surface area contributed by atoms with Gasteiger partial charge in [-0.05, 0) is 18.2 Å². The largest absolute Gasteiger partial charge is 0.347 e. The Morgan fingerprint density at radius 3 is 2.56 bits per heavy atom. The molecule has 0 spiro atoms. The normalized spacial score (nSPS) is 11.1. The molecule has 8 heteroatoms. The zero-order chi connectivity index (χ0) is 13.9. The van der Waals surface area contributed by atoms with Crippen LogP contribution in [0, 0.1) is 5.82 Å². The van der Waals surface area contributed by atoms with Crippen molar-refractivity contribution < 1.29 is 17.6 Å². The van der Waals surface area contributed by atoms with Gasteiger partial charge in [-0.1, -0.05) is 22.5 Å². The van der Waals surface area contributed by atoms with Crippen LogP contribution in [0.15, 0.2) is 34.2 Å². The lowest BCUT2D eigenvalue weighted by atomic mass is 10.2. The summed E-state index contributed by atoms with van der Waals surface area (Å²) in [7, 11) is 1.000. The Bertz CT molecular complexity index is 603. The number of hydrogen-bond acceptors (Lipinski definition) is 3. The summed E-state index contributed by atoms with van der Waals surface area (Å²) in [6, 6.07) is 2.65. The molecule has 1 aromatic carbocycles. The minimum absolute atomic E-state index is 0.136. The highest BCUT2D eigenvalue weighted by Gasteiger charge is 2.15. The first-order valence-electron chi connectivity index (χ1n) is 4.57. The lowest BCUT2D eigenvalue weighted by Gasteiger charge is -2.05. The Hall–Kier alpha value is -0.920. The van der Waals surface area contributed by atoms with Gasteiger partial charge in [-0.25, -0.2) is 12.8 Å². The molecule has 1 amide bonds. The van der Waals surface area contributed by atoms with Gasteiger partial charge in [-0.3, -0.25) is 4.79 Å². The Morgan fingerprint density at radius 2 is 2.06 bits per heavy atom. The molecular weight excluding hydrogens is 349 g/mol. The highest BCUT2D eigenvalue weighted by Crippen LogP contribution is 2.18. The Balaban J connectivity index is 3.07. The average Bonchev–Trinajstić information content (AvgIpc) is 2.23. The van der Waals surface area contributed by atoms with Crippen LogP contribution in [-0.4, -0.2) is 20.9 Å². The quantitative estimate of drug-likeness (QED) is 0.843. The maximum atomic E-state index is 13.2. The highest BCUT2D eigenvalue weighted by molar-refractivity contribution is 9.11. The fraction of sp³-hybridized carbons (Fsp3) is 0.100. The second-order valence-electron chi connectivity index (χ2n) is 3.31. The predicted molar refractivity (Wildman–Crippen MR) is 69.8 cm³/mol. The van der Waals surface area contributed by atoms with E-state index in [0.717, 1.165) is 18.2 Å². The van der Waals surface area contributed by atoms with Crippen LogP contribution in [0.5, 0.6) is 0 Å². The van der Waals surface area contributed by atoms with Gasteiger partial charge in [-0.15, -0.1) is 0 Å². The molecule has 1 rings (SSSR count). The van der Waals surface area contributed by atoms with E-state index in [1.165, 1.54) is 0 Å². The van der Waals surface area contributed by atoms with E-state index in [2.05, 4.69) is 27.8 Å². The molecule has 18 heavy (non-hydrogen) atoms. The summed E-state index contributed by atoms with van der Waals surface area (Å²) >= 11 is 3.04. The molecule has 0 radical (unpaired) electrons. The summed E-state index contributed by atoms with van der Waals surface area (Å²) < 4.78 is 35.9. The van der Waals surface area contributed by atoms with Crippen molar-refractivity contribution in [3.05, 3.63) is 40.6 Å². The predicted octanol–water partition coefficient (Wildman–Crippen LogP) is 2.39. The first-order chi connectivity index (χ1) is 8.20. The molecule has 98 valence electrons. The molecule has 1 aromatic rings. The molecule has 0 aliphatic heterocycles. The molecule has 0 atom stereocenters. The van der Waals surface area contributed by atoms with E-state index in [1.54, 1.807) is 0 Å². The Morgan fingerprint density at radius 1 is 1.44 bits per heavy atom. The smallest absolute Gasteiger partial charge is 0.261 e. The third-order valence-electron chi connectivity index (χ3n) is 1.86. The number of carbonyl (C=O) groups is 1. The van der Waals surface area contributed by atoms with Crippen LogP contribution < -0.4 is 5.32 Å². The van der Waals surface area contributed by atoms with Crippen LogP contribution in [0.1, 0.15) is 10.4 Å². The minimum atomic E-state index is -4.09. The Kier molecular flexibility index (Phi) is 4.89. The van der Waals surface area contributed by atoms with Gasteiger partial charge in [0, 0.05) is 27.3 Å². The monoisotopic (exact) mass is 355 g/mol. The van der Waals surface area contributed by atoms with Crippen molar-refractivity contribution in [3.8, 4) is 0 Å². The topological polar surface area (TPSA) is 63.2 Å². The van der Waals surface area contributed by atoms with Crippen molar-refractivity contribution in [2.45, 2.75) is 4.90 Å². The molecule has 0 aliphatic rings. The summed E-state index contributed by atoms with van der Waals surface area (Å²) in [5.41, 5.74) is -0.136. The fourth-order valence-corrected chi connectivity index (χ4v) is 2.04. The van der Waals surface area contributed by atoms with Crippen LogP contribution >= 0.6 is 26.6 Å². The van der Waals surface area contributed by atoms with Gasteiger partial charge in [0.25, 0.3) is 15.0 Å². The van der Waals surface area contributed by atoms with E-state index in [-0.39, 0.29) is 12.1 Å². The number of nitrogens with one attached hydrogen (secondary N) is 1. The number of carbonyl (C=O) groups excluding carboxylic acids is 1. The van der Waals surface area contributed by atoms with Crippen molar-refractivity contribution in [3.63, 3.8) is 0 Å². The Labute approximate surface area is 116 Å². The first kappa shape index (κ1) is 15.1. The van der Waals surface area contributed by atoms with Crippen molar-refractivity contribution in [2.75, 3.05) is 6.54 Å². The number of rotatable bonds is 4. The van der Waals surface area contributed by atoms with Gasteiger partial charge >= 0.3 is 0 Å². The number of benzene rings is 1. The van der Waals surface area contributed by atoms with Crippen LogP contribution in [0.3, 0.4) is 0 Å². The molecule has 0 fully saturated rings. The maximum Gasteiger partial charge on any atom is 0.261 e. The van der Waals surface area contributed by atoms with Crippen molar-refractivity contribution >= 4 is 41.6 Å². The van der Waals surface area contributed by atoms with Crippen molar-refractivity contribution in [1.29, 1.82) is 0 Å². The molecule has 0 aliphatic carbocycles. The van der Waals surface area contributed by atoms with Crippen LogP contribution in [-0.2, 0) is 9.05 Å². The summed E-state index contributed by atoms with van der Waals surface area (Å²) in [5, 5.41) is 2.41. The molecular formula is C10H8BrClFNO3S. The third-order valence-corrected chi connectivity index (χ3v) is 3.47. The van der Waals surface area contributed by atoms with E-state index in [1.807, 2.05) is 0 Å². The van der Waals surface area contributed by atoms with Crippen molar-refractivity contribution in [2.24, 2.45) is 0 Å². The molecule has 0 heterocycles. The SMILES string of the molecule is C=C(Br)CNC(=O)c1cc(F)cc(S(=O)(=O)Cl)c1. The number of hydrogen-bond donors (Lipinski definition) is 1. The van der Waals surface area contributed by atoms with E-state index in [4.69, 9.17) is 10.7 Å². The van der Waals surface area contributed by atoms with Gasteiger partial charge in [-0.2, -0.15) is 0 Å². The summed E-state index contributed by atoms with van der Waals surface area (Å²) in [5.74, 6) is -1.49. The van der Waals surface area contributed by atoms with E-state index in [0.29, 0.717) is 4.48 Å². The summed E-state index contributed by atoms with van der Waals surface area (Å²) in [4.78, 5) is 11.1. The molecule has 4 nitrogen and oxygen atoms in total. The molecule has 0 saturated carbocycles. The second kappa shape index (κ2) is 5.81. The van der Waals surface area contributed by atoms with Gasteiger partial charge in [0.1, 0.15) is 5.82 Å². The average molecular weight is 357 g/mol. The number of amides is 1. The second-order valence-corrected chi connectivity index (χ2v) is 7.00. The fourth-order valence-electron chi connectivity index (χ4n) is 1.11. The van der Waals surface area contributed by atoms with Gasteiger partial charge in [0.2, 0.25) is 0 Å². The van der Waals surface area contributed by atoms with E-state index >= 15 is 0 Å². The number of halogens is 3. The zero-order valence-electron chi connectivity index (χ0n) is 8.91. The molecule has 1 N–H and O–H groups in total. The highest BCUT2D eigenvalue weighted by atomic mass is 79.9. The minimum Gasteiger partial charge on any atom is -0.347 e. The standard InChI is InChI=1S/C10H8BrClFNO3S/c1-6(11)5-14-10(15)7-2-8(13)4-9(3-7)18(12,16)17/h2-4H,1,5H2,(H,14,15). The maximum absolute atomic E-state index is 13.2. The van der Waals surface area contributed by atoms with Crippen LogP contribution in [0.25, 0.3) is 0 Å². The van der Waals surface area contributed by atoms with Crippen LogP contribution in [0.4, 0.5) is 4.39 Å². The molecule has 0 saturated heterocycles. The molecule has 0 bridgehead atoms. The van der Waals surface area contributed by atoms with E-state index < -0.39 is 25.7 Å². The first-order valence-corrected chi connectivity index (χ1v) is 7.67. The lowest BCUT2D eigenvalue weighted by molar-refractivity contribution is 0.0957. The van der Waals surface area contributed by atoms with Crippen LogP contribution in [0.2, 0.25) is 0 Å². The van der Waals surface area contributed by atoms with Gasteiger partial charge in [0.15, 0.2) is 0 Å². The van der Waals surface area contributed by atoms with Crippen molar-refractivity contribution in [1.82, 2.24) is 5.32 Å². The van der Waals surface area contributed by atoms with E-state index in [9.17, 15) is 17.6 Å². The lowest BCUT2D eigenvalue weighted by Crippen LogP contribution is -2.24. The van der Waals surface area contributed by atoms with Gasteiger partial charge in [0.05, 0.1) is 4.90 Å². The summed E-state index contributed by atoms with van der Waals surface area (Å²) in [6.45, 7) is 3.64. The zero-order valence-corrected chi connectivity index (χ0v) is 12.1.